The first-order chi connectivity index (χ1) is 10.5. The molecule has 5 heteroatoms. The molecule has 0 spiro atoms. The van der Waals surface area contributed by atoms with Gasteiger partial charge in [-0.05, 0) is 50.2 Å². The van der Waals surface area contributed by atoms with Crippen LogP contribution in [0.5, 0.6) is 5.75 Å². The van der Waals surface area contributed by atoms with E-state index in [4.69, 9.17) is 4.74 Å². The number of rotatable bonds is 5. The summed E-state index contributed by atoms with van der Waals surface area (Å²) < 4.78 is 6.52. The maximum atomic E-state index is 12.1. The highest BCUT2D eigenvalue weighted by atomic mass is 79.9. The molecule has 1 atom stereocenters. The molecule has 1 amide bonds. The minimum atomic E-state index is -0.651. The van der Waals surface area contributed by atoms with Crippen molar-refractivity contribution in [3.05, 3.63) is 58.6 Å². The summed E-state index contributed by atoms with van der Waals surface area (Å²) >= 11 is 3.34. The van der Waals surface area contributed by atoms with Crippen LogP contribution in [0.4, 0.5) is 5.69 Å². The lowest BCUT2D eigenvalue weighted by Gasteiger charge is -2.15. The van der Waals surface area contributed by atoms with Gasteiger partial charge in [0.2, 0.25) is 0 Å². The van der Waals surface area contributed by atoms with Crippen molar-refractivity contribution in [2.24, 2.45) is 0 Å². The van der Waals surface area contributed by atoms with Gasteiger partial charge in [0.15, 0.2) is 11.9 Å². The number of benzene rings is 2. The highest BCUT2D eigenvalue weighted by Crippen LogP contribution is 2.18. The highest BCUT2D eigenvalue weighted by molar-refractivity contribution is 9.10. The lowest BCUT2D eigenvalue weighted by atomic mass is 10.1. The van der Waals surface area contributed by atoms with Crippen LogP contribution in [0.25, 0.3) is 0 Å². The van der Waals surface area contributed by atoms with Crippen LogP contribution in [0.2, 0.25) is 0 Å². The quantitative estimate of drug-likeness (QED) is 0.817. The third-order valence-electron chi connectivity index (χ3n) is 3.03. The fraction of sp³-hybridized carbons (Fsp3) is 0.176. The van der Waals surface area contributed by atoms with Gasteiger partial charge >= 0.3 is 0 Å². The second-order valence-electron chi connectivity index (χ2n) is 4.84. The monoisotopic (exact) mass is 361 g/mol. The topological polar surface area (TPSA) is 55.4 Å². The van der Waals surface area contributed by atoms with Crippen molar-refractivity contribution < 1.29 is 14.3 Å². The summed E-state index contributed by atoms with van der Waals surface area (Å²) in [5.41, 5.74) is 1.13. The maximum Gasteiger partial charge on any atom is 0.265 e. The molecule has 0 saturated carbocycles. The molecule has 0 aliphatic carbocycles. The molecule has 0 aromatic heterocycles. The van der Waals surface area contributed by atoms with Gasteiger partial charge in [-0.2, -0.15) is 0 Å². The molecule has 0 aliphatic rings. The molecule has 0 bridgehead atoms. The molecule has 2 rings (SSSR count). The summed E-state index contributed by atoms with van der Waals surface area (Å²) in [5.74, 6) is 0.294. The molecular weight excluding hydrogens is 346 g/mol. The summed E-state index contributed by atoms with van der Waals surface area (Å²) in [6.45, 7) is 3.16. The lowest BCUT2D eigenvalue weighted by Crippen LogP contribution is -2.30. The van der Waals surface area contributed by atoms with Gasteiger partial charge in [-0.15, -0.1) is 0 Å². The molecule has 2 aromatic carbocycles. The molecule has 22 heavy (non-hydrogen) atoms. The summed E-state index contributed by atoms with van der Waals surface area (Å²) in [5, 5.41) is 2.74. The van der Waals surface area contributed by atoms with Crippen molar-refractivity contribution in [1.82, 2.24) is 0 Å². The minimum Gasteiger partial charge on any atom is -0.481 e. The van der Waals surface area contributed by atoms with E-state index in [2.05, 4.69) is 21.2 Å². The van der Waals surface area contributed by atoms with E-state index in [-0.39, 0.29) is 11.7 Å². The number of nitrogens with one attached hydrogen (secondary N) is 1. The van der Waals surface area contributed by atoms with E-state index < -0.39 is 6.10 Å². The Balaban J connectivity index is 2.00. The molecule has 0 fully saturated rings. The van der Waals surface area contributed by atoms with Gasteiger partial charge in [0.1, 0.15) is 5.75 Å². The second-order valence-corrected chi connectivity index (χ2v) is 5.76. The van der Waals surface area contributed by atoms with E-state index in [1.165, 1.54) is 6.92 Å². The highest BCUT2D eigenvalue weighted by Gasteiger charge is 2.15. The van der Waals surface area contributed by atoms with E-state index >= 15 is 0 Å². The van der Waals surface area contributed by atoms with Crippen molar-refractivity contribution in [3.8, 4) is 5.75 Å². The van der Waals surface area contributed by atoms with E-state index in [1.807, 2.05) is 12.1 Å². The van der Waals surface area contributed by atoms with Gasteiger partial charge in [-0.3, -0.25) is 9.59 Å². The van der Waals surface area contributed by atoms with Crippen LogP contribution in [0, 0.1) is 0 Å². The van der Waals surface area contributed by atoms with E-state index in [1.54, 1.807) is 43.3 Å². The van der Waals surface area contributed by atoms with Crippen molar-refractivity contribution in [3.63, 3.8) is 0 Å². The third-order valence-corrected chi connectivity index (χ3v) is 3.56. The Labute approximate surface area is 137 Å². The van der Waals surface area contributed by atoms with E-state index in [0.29, 0.717) is 17.0 Å². The lowest BCUT2D eigenvalue weighted by molar-refractivity contribution is -0.122. The van der Waals surface area contributed by atoms with Crippen LogP contribution < -0.4 is 10.1 Å². The Hall–Kier alpha value is -2.14. The fourth-order valence-corrected chi connectivity index (χ4v) is 2.09. The normalized spacial score (nSPS) is 11.6. The van der Waals surface area contributed by atoms with Crippen molar-refractivity contribution in [2.75, 3.05) is 5.32 Å². The molecular formula is C17H16BrNO3. The van der Waals surface area contributed by atoms with E-state index in [0.717, 1.165) is 4.47 Å². The number of carbonyl (C=O) groups is 2. The fourth-order valence-electron chi connectivity index (χ4n) is 1.83. The minimum absolute atomic E-state index is 0.0461. The van der Waals surface area contributed by atoms with Crippen molar-refractivity contribution in [1.29, 1.82) is 0 Å². The molecule has 0 radical (unpaired) electrons. The Morgan fingerprint density at radius 1 is 1.14 bits per heavy atom. The first-order valence-corrected chi connectivity index (χ1v) is 7.59. The molecule has 0 saturated heterocycles. The predicted molar refractivity (Wildman–Crippen MR) is 89.3 cm³/mol. The Bertz CT molecular complexity index is 683. The standard InChI is InChI=1S/C17H16BrNO3/c1-11(20)13-4-3-5-15(10-13)19-17(21)12(2)22-16-8-6-14(18)7-9-16/h3-10,12H,1-2H3,(H,19,21)/t12-/m1/s1. The van der Waals surface area contributed by atoms with Crippen LogP contribution in [0.3, 0.4) is 0 Å². The molecule has 114 valence electrons. The van der Waals surface area contributed by atoms with Gasteiger partial charge in [0.25, 0.3) is 5.91 Å². The molecule has 0 aliphatic heterocycles. The zero-order valence-electron chi connectivity index (χ0n) is 12.3. The molecule has 0 unspecified atom stereocenters. The number of ether oxygens (including phenoxy) is 1. The van der Waals surface area contributed by atoms with Crippen LogP contribution in [-0.4, -0.2) is 17.8 Å². The number of amides is 1. The van der Waals surface area contributed by atoms with E-state index in [9.17, 15) is 9.59 Å². The third kappa shape index (κ3) is 4.43. The number of carbonyl (C=O) groups excluding carboxylic acids is 2. The zero-order chi connectivity index (χ0) is 16.1. The predicted octanol–water partition coefficient (Wildman–Crippen LogP) is 4.06. The number of anilines is 1. The number of hydrogen-bond donors (Lipinski definition) is 1. The van der Waals surface area contributed by atoms with Crippen LogP contribution in [-0.2, 0) is 4.79 Å². The Morgan fingerprint density at radius 3 is 2.45 bits per heavy atom. The Kier molecular flexibility index (Phi) is 5.33. The number of hydrogen-bond acceptors (Lipinski definition) is 3. The van der Waals surface area contributed by atoms with Gasteiger partial charge < -0.3 is 10.1 Å². The summed E-state index contributed by atoms with van der Waals surface area (Å²) in [7, 11) is 0. The van der Waals surface area contributed by atoms with Crippen molar-refractivity contribution in [2.45, 2.75) is 20.0 Å². The zero-order valence-corrected chi connectivity index (χ0v) is 13.9. The molecule has 4 nitrogen and oxygen atoms in total. The SMILES string of the molecule is CC(=O)c1cccc(NC(=O)[C@@H](C)Oc2ccc(Br)cc2)c1. The first kappa shape index (κ1) is 16.2. The average molecular weight is 362 g/mol. The molecule has 0 heterocycles. The molecule has 2 aromatic rings. The molecule has 1 N–H and O–H groups in total. The maximum absolute atomic E-state index is 12.1. The van der Waals surface area contributed by atoms with Gasteiger partial charge in [0.05, 0.1) is 0 Å². The van der Waals surface area contributed by atoms with Gasteiger partial charge in [-0.1, -0.05) is 28.1 Å². The summed E-state index contributed by atoms with van der Waals surface area (Å²) in [6.07, 6.45) is -0.651. The Morgan fingerprint density at radius 2 is 1.82 bits per heavy atom. The largest absolute Gasteiger partial charge is 0.481 e. The summed E-state index contributed by atoms with van der Waals surface area (Å²) in [6, 6.07) is 14.1. The first-order valence-electron chi connectivity index (χ1n) is 6.80. The van der Waals surface area contributed by atoms with Crippen molar-refractivity contribution >= 4 is 33.3 Å². The van der Waals surface area contributed by atoms with Gasteiger partial charge in [-0.25, -0.2) is 0 Å². The number of Topliss-reactive ketones (excluding diaryl/α,β-unsaturated/α-hetero) is 1. The summed E-state index contributed by atoms with van der Waals surface area (Å²) in [4.78, 5) is 23.5. The average Bonchev–Trinajstić information content (AvgIpc) is 2.49. The van der Waals surface area contributed by atoms with Crippen LogP contribution in [0.15, 0.2) is 53.0 Å². The smallest absolute Gasteiger partial charge is 0.265 e. The second kappa shape index (κ2) is 7.22. The number of ketones is 1. The van der Waals surface area contributed by atoms with Crippen LogP contribution >= 0.6 is 15.9 Å². The number of halogens is 1. The van der Waals surface area contributed by atoms with Gasteiger partial charge in [0, 0.05) is 15.7 Å². The van der Waals surface area contributed by atoms with Crippen LogP contribution in [0.1, 0.15) is 24.2 Å².